The van der Waals surface area contributed by atoms with E-state index in [9.17, 15) is 14.4 Å². The molecule has 0 unspecified atom stereocenters. The van der Waals surface area contributed by atoms with E-state index in [1.54, 1.807) is 5.38 Å². The van der Waals surface area contributed by atoms with Crippen molar-refractivity contribution in [3.05, 3.63) is 16.3 Å². The largest absolute Gasteiger partial charge is 0.491 e. The van der Waals surface area contributed by atoms with E-state index in [-0.39, 0.29) is 42.7 Å². The second-order valence-electron chi connectivity index (χ2n) is 3.74. The smallest absolute Gasteiger partial charge is 0.346 e. The van der Waals surface area contributed by atoms with Gasteiger partial charge in [0.1, 0.15) is 17.2 Å². The number of ether oxygens (including phenoxy) is 1. The highest BCUT2D eigenvalue weighted by atomic mass is 32.1. The van der Waals surface area contributed by atoms with E-state index in [1.165, 1.54) is 11.0 Å². The van der Waals surface area contributed by atoms with Gasteiger partial charge in [0.25, 0.3) is 0 Å². The summed E-state index contributed by atoms with van der Waals surface area (Å²) < 4.78 is 5.30. The zero-order chi connectivity index (χ0) is 13.1. The van der Waals surface area contributed by atoms with E-state index in [2.05, 4.69) is 0 Å². The fraction of sp³-hybridized carbons (Fsp3) is 0.364. The quantitative estimate of drug-likeness (QED) is 0.805. The summed E-state index contributed by atoms with van der Waals surface area (Å²) in [7, 11) is 0. The van der Waals surface area contributed by atoms with E-state index >= 15 is 0 Å². The number of hydrogen-bond donors (Lipinski definition) is 1. The Balaban J connectivity index is 1.83. The van der Waals surface area contributed by atoms with E-state index < -0.39 is 5.97 Å². The Morgan fingerprint density at radius 1 is 1.39 bits per heavy atom. The van der Waals surface area contributed by atoms with Crippen molar-refractivity contribution in [2.24, 2.45) is 0 Å². The third-order valence-electron chi connectivity index (χ3n) is 2.52. The number of thiophene rings is 1. The first-order valence-electron chi connectivity index (χ1n) is 5.36. The summed E-state index contributed by atoms with van der Waals surface area (Å²) in [6, 6.07) is 1.42. The van der Waals surface area contributed by atoms with Crippen molar-refractivity contribution in [1.82, 2.24) is 4.90 Å². The van der Waals surface area contributed by atoms with Crippen LogP contribution in [0.2, 0.25) is 0 Å². The fourth-order valence-electron chi connectivity index (χ4n) is 1.63. The molecule has 0 aromatic carbocycles. The van der Waals surface area contributed by atoms with Gasteiger partial charge in [0.15, 0.2) is 0 Å². The zero-order valence-electron chi connectivity index (χ0n) is 9.42. The number of rotatable bonds is 5. The number of imide groups is 1. The number of carbonyl (C=O) groups is 3. The molecule has 18 heavy (non-hydrogen) atoms. The van der Waals surface area contributed by atoms with Crippen molar-refractivity contribution in [2.45, 2.75) is 12.8 Å². The fourth-order valence-corrected chi connectivity index (χ4v) is 2.30. The number of carboxylic acids is 1. The van der Waals surface area contributed by atoms with Crippen molar-refractivity contribution in [2.75, 3.05) is 13.2 Å². The molecule has 7 heteroatoms. The molecule has 2 heterocycles. The third kappa shape index (κ3) is 2.67. The summed E-state index contributed by atoms with van der Waals surface area (Å²) in [6.45, 7) is 0.378. The molecule has 0 atom stereocenters. The number of carbonyl (C=O) groups excluding carboxylic acids is 2. The first-order chi connectivity index (χ1) is 8.58. The Kier molecular flexibility index (Phi) is 3.61. The number of aromatic carboxylic acids is 1. The van der Waals surface area contributed by atoms with Crippen molar-refractivity contribution in [3.8, 4) is 5.75 Å². The van der Waals surface area contributed by atoms with Gasteiger partial charge in [-0.25, -0.2) is 4.79 Å². The highest BCUT2D eigenvalue weighted by Gasteiger charge is 2.28. The predicted octanol–water partition coefficient (Wildman–Crippen LogP) is 0.974. The van der Waals surface area contributed by atoms with E-state index in [1.807, 2.05) is 0 Å². The minimum Gasteiger partial charge on any atom is -0.491 e. The Labute approximate surface area is 107 Å². The molecule has 1 fully saturated rings. The van der Waals surface area contributed by atoms with Crippen LogP contribution in [-0.4, -0.2) is 40.9 Å². The second kappa shape index (κ2) is 5.18. The summed E-state index contributed by atoms with van der Waals surface area (Å²) in [6.07, 6.45) is 0.529. The molecular formula is C11H11NO5S. The molecule has 1 aromatic heterocycles. The average molecular weight is 269 g/mol. The number of hydrogen-bond acceptors (Lipinski definition) is 5. The van der Waals surface area contributed by atoms with Crippen LogP contribution >= 0.6 is 11.3 Å². The summed E-state index contributed by atoms with van der Waals surface area (Å²) >= 11 is 1.07. The second-order valence-corrected chi connectivity index (χ2v) is 4.65. The molecule has 1 N–H and O–H groups in total. The van der Waals surface area contributed by atoms with Crippen molar-refractivity contribution >= 4 is 29.1 Å². The van der Waals surface area contributed by atoms with Crippen molar-refractivity contribution < 1.29 is 24.2 Å². The minimum absolute atomic E-state index is 0.174. The van der Waals surface area contributed by atoms with Gasteiger partial charge < -0.3 is 9.84 Å². The molecule has 0 aliphatic carbocycles. The lowest BCUT2D eigenvalue weighted by Crippen LogP contribution is -2.32. The number of likely N-dealkylation sites (tertiary alicyclic amines) is 1. The van der Waals surface area contributed by atoms with E-state index in [0.29, 0.717) is 5.75 Å². The summed E-state index contributed by atoms with van der Waals surface area (Å²) in [5, 5.41) is 10.3. The molecule has 1 saturated heterocycles. The van der Waals surface area contributed by atoms with Gasteiger partial charge in [-0.2, -0.15) is 0 Å². The topological polar surface area (TPSA) is 83.9 Å². The molecular weight excluding hydrogens is 258 g/mol. The van der Waals surface area contributed by atoms with Crippen LogP contribution < -0.4 is 4.74 Å². The van der Waals surface area contributed by atoms with Crippen molar-refractivity contribution in [1.29, 1.82) is 0 Å². The van der Waals surface area contributed by atoms with Crippen LogP contribution in [-0.2, 0) is 9.59 Å². The van der Waals surface area contributed by atoms with Gasteiger partial charge in [-0.15, -0.1) is 11.3 Å². The minimum atomic E-state index is -1.00. The lowest BCUT2D eigenvalue weighted by Gasteiger charge is -2.13. The van der Waals surface area contributed by atoms with Gasteiger partial charge in [-0.1, -0.05) is 0 Å². The molecule has 1 aliphatic rings. The molecule has 96 valence electrons. The number of carboxylic acid groups (broad SMARTS) is 1. The van der Waals surface area contributed by atoms with Gasteiger partial charge in [0.2, 0.25) is 11.8 Å². The lowest BCUT2D eigenvalue weighted by molar-refractivity contribution is -0.138. The lowest BCUT2D eigenvalue weighted by atomic mass is 10.4. The van der Waals surface area contributed by atoms with Crippen molar-refractivity contribution in [3.63, 3.8) is 0 Å². The highest BCUT2D eigenvalue weighted by Crippen LogP contribution is 2.21. The van der Waals surface area contributed by atoms with Crippen LogP contribution in [0.5, 0.6) is 5.75 Å². The van der Waals surface area contributed by atoms with Gasteiger partial charge in [0.05, 0.1) is 6.54 Å². The molecule has 6 nitrogen and oxygen atoms in total. The Morgan fingerprint density at radius 2 is 2.06 bits per heavy atom. The molecule has 1 aliphatic heterocycles. The molecule has 0 radical (unpaired) electrons. The summed E-state index contributed by atoms with van der Waals surface area (Å²) in [5.41, 5.74) is 0. The average Bonchev–Trinajstić information content (AvgIpc) is 2.90. The standard InChI is InChI=1S/C11H11NO5S/c13-9-1-2-10(14)12(9)3-4-17-7-5-8(11(15)16)18-6-7/h5-6H,1-4H2,(H,15,16). The van der Waals surface area contributed by atoms with Gasteiger partial charge in [0, 0.05) is 24.3 Å². The molecule has 0 spiro atoms. The number of nitrogens with zero attached hydrogens (tertiary/aromatic N) is 1. The molecule has 2 amide bonds. The van der Waals surface area contributed by atoms with Crippen LogP contribution in [0, 0.1) is 0 Å². The molecule has 0 saturated carbocycles. The van der Waals surface area contributed by atoms with Crippen LogP contribution in [0.25, 0.3) is 0 Å². The number of amides is 2. The molecule has 2 rings (SSSR count). The Hall–Kier alpha value is -1.89. The normalized spacial score (nSPS) is 15.2. The zero-order valence-corrected chi connectivity index (χ0v) is 10.2. The summed E-state index contributed by atoms with van der Waals surface area (Å²) in [4.78, 5) is 34.6. The van der Waals surface area contributed by atoms with E-state index in [4.69, 9.17) is 9.84 Å². The predicted molar refractivity (Wildman–Crippen MR) is 62.7 cm³/mol. The van der Waals surface area contributed by atoms with E-state index in [0.717, 1.165) is 11.3 Å². The van der Waals surface area contributed by atoms with Crippen LogP contribution in [0.1, 0.15) is 22.5 Å². The summed E-state index contributed by atoms with van der Waals surface area (Å²) in [5.74, 6) is -0.920. The van der Waals surface area contributed by atoms with Crippen LogP contribution in [0.15, 0.2) is 11.4 Å². The van der Waals surface area contributed by atoms with Gasteiger partial charge in [-0.05, 0) is 0 Å². The Bertz CT molecular complexity index is 479. The van der Waals surface area contributed by atoms with Crippen LogP contribution in [0.4, 0.5) is 0 Å². The Morgan fingerprint density at radius 3 is 2.61 bits per heavy atom. The highest BCUT2D eigenvalue weighted by molar-refractivity contribution is 7.12. The van der Waals surface area contributed by atoms with Gasteiger partial charge >= 0.3 is 5.97 Å². The van der Waals surface area contributed by atoms with Gasteiger partial charge in [-0.3, -0.25) is 14.5 Å². The maximum absolute atomic E-state index is 11.3. The van der Waals surface area contributed by atoms with Crippen LogP contribution in [0.3, 0.4) is 0 Å². The third-order valence-corrected chi connectivity index (χ3v) is 3.42. The SMILES string of the molecule is O=C(O)c1cc(OCCN2C(=O)CCC2=O)cs1. The monoisotopic (exact) mass is 269 g/mol. The maximum atomic E-state index is 11.3. The maximum Gasteiger partial charge on any atom is 0.346 e. The first-order valence-corrected chi connectivity index (χ1v) is 6.23. The molecule has 0 bridgehead atoms. The first kappa shape index (κ1) is 12.6. The molecule has 1 aromatic rings.